The number of hydrogen-bond donors (Lipinski definition) is 8. The van der Waals surface area contributed by atoms with Gasteiger partial charge in [-0.2, -0.15) is 0 Å². The van der Waals surface area contributed by atoms with E-state index in [1.807, 2.05) is 0 Å². The van der Waals surface area contributed by atoms with Gasteiger partial charge in [0.25, 0.3) is 0 Å². The van der Waals surface area contributed by atoms with Gasteiger partial charge >= 0.3 is 11.9 Å². The normalized spacial score (nSPS) is 11.9. The molecule has 0 aliphatic rings. The van der Waals surface area contributed by atoms with E-state index in [0.29, 0.717) is 38.6 Å². The van der Waals surface area contributed by atoms with E-state index in [0.717, 1.165) is 57.8 Å². The largest absolute Gasteiger partial charge is 0.481 e. The maximum Gasteiger partial charge on any atom is 0.326 e. The number of nitrogens with one attached hydrogen (secondary N) is 5. The standard InChI is InChI=1S/C44H80N6O14/c45-36(33-51)18-15-16-22-46-38(52)20-17-23-47-41(55)34-63-30-29-62-27-25-49-42(56)35-64-31-28-61-26-24-48-40(54)32-37(44(59)60)50-39(53)19-13-11-9-7-5-3-1-2-4-6-8-10-12-14-21-43(57)58/h33,36-37H,1-32,34-35,45H2,(H,46,52)(H,47,55)(H,48,54)(H,49,56)(H,50,53)(H,57,58)(H,59,60)/t36-,37-/m0/s1. The van der Waals surface area contributed by atoms with Gasteiger partial charge in [-0.15, -0.1) is 0 Å². The summed E-state index contributed by atoms with van der Waals surface area (Å²) in [6.07, 6.45) is 18.5. The zero-order valence-corrected chi connectivity index (χ0v) is 38.1. The molecule has 9 N–H and O–H groups in total. The third-order valence-corrected chi connectivity index (χ3v) is 9.78. The molecule has 0 spiro atoms. The third kappa shape index (κ3) is 43.0. The van der Waals surface area contributed by atoms with E-state index in [1.165, 1.54) is 38.5 Å². The Bertz CT molecular complexity index is 1280. The number of rotatable bonds is 47. The Kier molecular flexibility index (Phi) is 41.1. The van der Waals surface area contributed by atoms with Crippen LogP contribution in [0.1, 0.15) is 141 Å². The van der Waals surface area contributed by atoms with Crippen LogP contribution < -0.4 is 32.3 Å². The fourth-order valence-electron chi connectivity index (χ4n) is 6.17. The van der Waals surface area contributed by atoms with Crippen LogP contribution in [0.25, 0.3) is 0 Å². The Labute approximate surface area is 379 Å². The molecule has 64 heavy (non-hydrogen) atoms. The van der Waals surface area contributed by atoms with Gasteiger partial charge in [0.2, 0.25) is 29.5 Å². The van der Waals surface area contributed by atoms with Crippen molar-refractivity contribution in [2.45, 2.75) is 153 Å². The molecule has 0 aromatic heterocycles. The highest BCUT2D eigenvalue weighted by Gasteiger charge is 2.23. The van der Waals surface area contributed by atoms with Gasteiger partial charge in [0.15, 0.2) is 0 Å². The van der Waals surface area contributed by atoms with E-state index < -0.39 is 42.3 Å². The fourth-order valence-corrected chi connectivity index (χ4v) is 6.17. The minimum Gasteiger partial charge on any atom is -0.481 e. The van der Waals surface area contributed by atoms with Crippen molar-refractivity contribution in [3.05, 3.63) is 0 Å². The van der Waals surface area contributed by atoms with Crippen molar-refractivity contribution in [2.75, 3.05) is 79.0 Å². The van der Waals surface area contributed by atoms with Gasteiger partial charge < -0.3 is 66.3 Å². The number of ether oxygens (including phenoxy) is 4. The van der Waals surface area contributed by atoms with Gasteiger partial charge in [-0.25, -0.2) is 4.79 Å². The molecule has 0 saturated heterocycles. The van der Waals surface area contributed by atoms with Crippen LogP contribution in [0, 0.1) is 0 Å². The van der Waals surface area contributed by atoms with Crippen LogP contribution in [-0.2, 0) is 57.3 Å². The van der Waals surface area contributed by atoms with E-state index in [9.17, 15) is 43.5 Å². The Morgan fingerprint density at radius 3 is 1.38 bits per heavy atom. The average molecular weight is 917 g/mol. The maximum absolute atomic E-state index is 12.3. The topological polar surface area (TPSA) is 300 Å². The summed E-state index contributed by atoms with van der Waals surface area (Å²) < 4.78 is 21.3. The molecule has 20 nitrogen and oxygen atoms in total. The van der Waals surface area contributed by atoms with E-state index in [-0.39, 0.29) is 103 Å². The Hall–Kier alpha value is -4.24. The van der Waals surface area contributed by atoms with Crippen molar-refractivity contribution in [1.29, 1.82) is 0 Å². The molecule has 0 saturated carbocycles. The highest BCUT2D eigenvalue weighted by atomic mass is 16.5. The van der Waals surface area contributed by atoms with E-state index in [1.54, 1.807) is 0 Å². The number of carboxylic acid groups (broad SMARTS) is 2. The zero-order chi connectivity index (χ0) is 47.3. The number of amides is 5. The van der Waals surface area contributed by atoms with Crippen LogP contribution in [0.15, 0.2) is 0 Å². The van der Waals surface area contributed by atoms with Gasteiger partial charge in [-0.1, -0.05) is 77.0 Å². The van der Waals surface area contributed by atoms with Crippen molar-refractivity contribution in [2.24, 2.45) is 5.73 Å². The number of carbonyl (C=O) groups excluding carboxylic acids is 6. The molecule has 0 unspecified atom stereocenters. The number of unbranched alkanes of at least 4 members (excludes halogenated alkanes) is 14. The van der Waals surface area contributed by atoms with Crippen LogP contribution in [0.4, 0.5) is 0 Å². The van der Waals surface area contributed by atoms with Crippen molar-refractivity contribution in [3.63, 3.8) is 0 Å². The smallest absolute Gasteiger partial charge is 0.326 e. The lowest BCUT2D eigenvalue weighted by atomic mass is 10.0. The summed E-state index contributed by atoms with van der Waals surface area (Å²) in [5.41, 5.74) is 5.52. The molecule has 0 rings (SSSR count). The molecule has 370 valence electrons. The quantitative estimate of drug-likeness (QED) is 0.0321. The lowest BCUT2D eigenvalue weighted by Crippen LogP contribution is -2.44. The predicted octanol–water partition coefficient (Wildman–Crippen LogP) is 2.28. The molecule has 0 aliphatic heterocycles. The number of aldehydes is 1. The van der Waals surface area contributed by atoms with Gasteiger partial charge in [-0.05, 0) is 38.5 Å². The lowest BCUT2D eigenvalue weighted by Gasteiger charge is -2.14. The van der Waals surface area contributed by atoms with E-state index in [4.69, 9.17) is 29.8 Å². The summed E-state index contributed by atoms with van der Waals surface area (Å²) in [5, 5.41) is 31.3. The molecule has 0 aromatic rings. The number of carbonyl (C=O) groups is 8. The van der Waals surface area contributed by atoms with E-state index in [2.05, 4.69) is 26.6 Å². The van der Waals surface area contributed by atoms with Crippen LogP contribution >= 0.6 is 0 Å². The first kappa shape index (κ1) is 59.8. The molecule has 0 fully saturated rings. The second-order valence-electron chi connectivity index (χ2n) is 15.6. The number of nitrogens with two attached hydrogens (primary N) is 1. The van der Waals surface area contributed by atoms with Gasteiger partial charge in [0.1, 0.15) is 25.5 Å². The van der Waals surface area contributed by atoms with Gasteiger partial charge in [0, 0.05) is 45.4 Å². The fraction of sp³-hybridized carbons (Fsp3) is 0.818. The molecule has 20 heteroatoms. The first-order valence-corrected chi connectivity index (χ1v) is 23.3. The molecule has 0 radical (unpaired) electrons. The summed E-state index contributed by atoms with van der Waals surface area (Å²) in [6, 6.07) is -1.79. The molecule has 0 bridgehead atoms. The molecule has 0 heterocycles. The zero-order valence-electron chi connectivity index (χ0n) is 38.1. The van der Waals surface area contributed by atoms with E-state index >= 15 is 0 Å². The van der Waals surface area contributed by atoms with Crippen molar-refractivity contribution in [1.82, 2.24) is 26.6 Å². The van der Waals surface area contributed by atoms with Crippen LogP contribution in [0.2, 0.25) is 0 Å². The van der Waals surface area contributed by atoms with Crippen molar-refractivity contribution in [3.8, 4) is 0 Å². The predicted molar refractivity (Wildman–Crippen MR) is 238 cm³/mol. The van der Waals surface area contributed by atoms with Crippen LogP contribution in [0.3, 0.4) is 0 Å². The molecular formula is C44H80N6O14. The van der Waals surface area contributed by atoms with Crippen molar-refractivity contribution >= 4 is 47.8 Å². The molecule has 2 atom stereocenters. The van der Waals surface area contributed by atoms with Gasteiger partial charge in [0.05, 0.1) is 52.1 Å². The maximum atomic E-state index is 12.3. The monoisotopic (exact) mass is 917 g/mol. The van der Waals surface area contributed by atoms with Crippen LogP contribution in [0.5, 0.6) is 0 Å². The highest BCUT2D eigenvalue weighted by Crippen LogP contribution is 2.14. The number of aliphatic carboxylic acids is 2. The number of hydrogen-bond acceptors (Lipinski definition) is 13. The minimum atomic E-state index is -1.33. The van der Waals surface area contributed by atoms with Crippen molar-refractivity contribution < 1.29 is 67.5 Å². The minimum absolute atomic E-state index is 0.107. The molecule has 0 aromatic carbocycles. The Morgan fingerprint density at radius 2 is 0.875 bits per heavy atom. The summed E-state index contributed by atoms with van der Waals surface area (Å²) in [6.45, 7) is 1.97. The summed E-state index contributed by atoms with van der Waals surface area (Å²) in [5.74, 6) is -3.70. The lowest BCUT2D eigenvalue weighted by molar-refractivity contribution is -0.143. The average Bonchev–Trinajstić information content (AvgIpc) is 3.26. The molecular weight excluding hydrogens is 837 g/mol. The van der Waals surface area contributed by atoms with Crippen LogP contribution in [-0.4, -0.2) is 149 Å². The number of carboxylic acids is 2. The Balaban J connectivity index is 3.65. The Morgan fingerprint density at radius 1 is 0.453 bits per heavy atom. The highest BCUT2D eigenvalue weighted by molar-refractivity contribution is 5.88. The summed E-state index contributed by atoms with van der Waals surface area (Å²) >= 11 is 0. The third-order valence-electron chi connectivity index (χ3n) is 9.78. The SMILES string of the molecule is N[C@H](C=O)CCCCNC(=O)CCCNC(=O)COCCOCCNC(=O)COCCOCCNC(=O)C[C@H](NC(=O)CCCCCCCCCCCCCCCCC(=O)O)C(=O)O. The first-order valence-electron chi connectivity index (χ1n) is 23.3. The first-order chi connectivity index (χ1) is 30.9. The summed E-state index contributed by atoms with van der Waals surface area (Å²) in [4.78, 5) is 92.8. The second-order valence-corrected chi connectivity index (χ2v) is 15.6. The molecule has 5 amide bonds. The summed E-state index contributed by atoms with van der Waals surface area (Å²) in [7, 11) is 0. The molecule has 0 aliphatic carbocycles. The second kappa shape index (κ2) is 44.0. The van der Waals surface area contributed by atoms with Gasteiger partial charge in [-0.3, -0.25) is 28.8 Å².